The molecular weight excluding hydrogens is 326 g/mol. The number of nitrogens with zero attached hydrogens (tertiary/aromatic N) is 3. The second-order valence-corrected chi connectivity index (χ2v) is 6.06. The van der Waals surface area contributed by atoms with Crippen LogP contribution in [0.2, 0.25) is 0 Å². The summed E-state index contributed by atoms with van der Waals surface area (Å²) in [5.41, 5.74) is 6.48. The van der Waals surface area contributed by atoms with Gasteiger partial charge >= 0.3 is 0 Å². The van der Waals surface area contributed by atoms with Crippen LogP contribution in [0.25, 0.3) is 10.3 Å². The van der Waals surface area contributed by atoms with E-state index in [1.54, 1.807) is 0 Å². The van der Waals surface area contributed by atoms with E-state index in [9.17, 15) is 9.59 Å². The number of amides is 1. The van der Waals surface area contributed by atoms with E-state index in [-0.39, 0.29) is 10.8 Å². The molecule has 24 heavy (non-hydrogen) atoms. The summed E-state index contributed by atoms with van der Waals surface area (Å²) in [4.78, 5) is 36.2. The average Bonchev–Trinajstić information content (AvgIpc) is 3.04. The second kappa shape index (κ2) is 7.14. The number of aromatic nitrogens is 3. The maximum Gasteiger partial charge on any atom is 0.277 e. The van der Waals surface area contributed by atoms with Crippen molar-refractivity contribution in [3.8, 4) is 0 Å². The van der Waals surface area contributed by atoms with Gasteiger partial charge in [0.15, 0.2) is 16.6 Å². The number of anilines is 1. The number of benzene rings is 1. The molecule has 122 valence electrons. The van der Waals surface area contributed by atoms with Crippen molar-refractivity contribution in [1.29, 1.82) is 0 Å². The monoisotopic (exact) mass is 341 g/mol. The average molecular weight is 341 g/mol. The molecule has 1 amide bonds. The smallest absolute Gasteiger partial charge is 0.277 e. The van der Waals surface area contributed by atoms with Gasteiger partial charge in [0.1, 0.15) is 16.7 Å². The van der Waals surface area contributed by atoms with Gasteiger partial charge in [0, 0.05) is 18.5 Å². The molecule has 0 unspecified atom stereocenters. The molecule has 8 heteroatoms. The lowest BCUT2D eigenvalue weighted by Gasteiger charge is -2.05. The van der Waals surface area contributed by atoms with Crippen molar-refractivity contribution in [1.82, 2.24) is 15.0 Å². The Morgan fingerprint density at radius 2 is 1.96 bits per heavy atom. The molecule has 2 heterocycles. The van der Waals surface area contributed by atoms with Gasteiger partial charge < -0.3 is 11.1 Å². The SMILES string of the molecule is NC(=O)c1nc2c(NCCCC(=O)c3ccccc3)ncnc2s1. The summed E-state index contributed by atoms with van der Waals surface area (Å²) < 4.78 is 0. The van der Waals surface area contributed by atoms with Crippen LogP contribution in [-0.4, -0.2) is 33.2 Å². The lowest BCUT2D eigenvalue weighted by Crippen LogP contribution is -2.10. The minimum Gasteiger partial charge on any atom is -0.368 e. The summed E-state index contributed by atoms with van der Waals surface area (Å²) in [7, 11) is 0. The highest BCUT2D eigenvalue weighted by Crippen LogP contribution is 2.24. The molecule has 0 radical (unpaired) electrons. The molecule has 0 saturated carbocycles. The molecule has 0 aliphatic carbocycles. The van der Waals surface area contributed by atoms with Crippen molar-refractivity contribution in [2.45, 2.75) is 12.8 Å². The molecule has 0 atom stereocenters. The lowest BCUT2D eigenvalue weighted by molar-refractivity contribution is 0.0978. The molecular formula is C16H15N5O2S. The first-order valence-corrected chi connectivity index (χ1v) is 8.20. The fraction of sp³-hybridized carbons (Fsp3) is 0.188. The van der Waals surface area contributed by atoms with Crippen LogP contribution in [0.15, 0.2) is 36.7 Å². The molecule has 3 aromatic rings. The fourth-order valence-corrected chi connectivity index (χ4v) is 2.97. The number of carbonyl (C=O) groups is 2. The Labute approximate surface area is 142 Å². The number of thiazole rings is 1. The van der Waals surface area contributed by atoms with Crippen LogP contribution in [0.5, 0.6) is 0 Å². The van der Waals surface area contributed by atoms with Crippen molar-refractivity contribution >= 4 is 39.2 Å². The van der Waals surface area contributed by atoms with Crippen molar-refractivity contribution in [3.05, 3.63) is 47.2 Å². The molecule has 7 nitrogen and oxygen atoms in total. The Kier molecular flexibility index (Phi) is 4.76. The van der Waals surface area contributed by atoms with Gasteiger partial charge in [0.2, 0.25) is 0 Å². The molecule has 3 N–H and O–H groups in total. The first kappa shape index (κ1) is 16.0. The van der Waals surface area contributed by atoms with Gasteiger partial charge in [-0.1, -0.05) is 41.7 Å². The quantitative estimate of drug-likeness (QED) is 0.504. The predicted octanol–water partition coefficient (Wildman–Crippen LogP) is 2.26. The standard InChI is InChI=1S/C16H15N5O2S/c17-13(23)16-21-12-14(19-9-20-15(12)24-16)18-8-4-7-11(22)10-5-2-1-3-6-10/h1-3,5-6,9H,4,7-8H2,(H2,17,23)(H,18,19,20). The first-order valence-electron chi connectivity index (χ1n) is 7.38. The number of Topliss-reactive ketones (excluding diaryl/α,β-unsaturated/α-hetero) is 1. The molecule has 0 bridgehead atoms. The maximum atomic E-state index is 12.0. The minimum absolute atomic E-state index is 0.106. The number of carbonyl (C=O) groups excluding carboxylic acids is 2. The van der Waals surface area contributed by atoms with Crippen LogP contribution < -0.4 is 11.1 Å². The van der Waals surface area contributed by atoms with Gasteiger partial charge in [0.25, 0.3) is 5.91 Å². The Balaban J connectivity index is 1.60. The molecule has 0 spiro atoms. The van der Waals surface area contributed by atoms with E-state index in [0.29, 0.717) is 41.1 Å². The van der Waals surface area contributed by atoms with Crippen molar-refractivity contribution in [3.63, 3.8) is 0 Å². The van der Waals surface area contributed by atoms with Gasteiger partial charge in [0.05, 0.1) is 0 Å². The summed E-state index contributed by atoms with van der Waals surface area (Å²) in [6.45, 7) is 0.564. The highest BCUT2D eigenvalue weighted by atomic mass is 32.1. The van der Waals surface area contributed by atoms with Crippen LogP contribution in [0.3, 0.4) is 0 Å². The summed E-state index contributed by atoms with van der Waals surface area (Å²) in [5, 5.41) is 3.34. The third-order valence-corrected chi connectivity index (χ3v) is 4.35. The number of nitrogens with one attached hydrogen (secondary N) is 1. The number of nitrogens with two attached hydrogens (primary N) is 1. The van der Waals surface area contributed by atoms with Crippen LogP contribution in [0.4, 0.5) is 5.82 Å². The minimum atomic E-state index is -0.586. The highest BCUT2D eigenvalue weighted by Gasteiger charge is 2.13. The van der Waals surface area contributed by atoms with Crippen LogP contribution >= 0.6 is 11.3 Å². The molecule has 1 aromatic carbocycles. The van der Waals surface area contributed by atoms with Gasteiger partial charge in [-0.2, -0.15) is 0 Å². The normalized spacial score (nSPS) is 10.7. The molecule has 3 rings (SSSR count). The Morgan fingerprint density at radius 1 is 1.17 bits per heavy atom. The zero-order valence-corrected chi connectivity index (χ0v) is 13.5. The van der Waals surface area contributed by atoms with Crippen LogP contribution in [-0.2, 0) is 0 Å². The van der Waals surface area contributed by atoms with E-state index in [1.165, 1.54) is 6.33 Å². The van der Waals surface area contributed by atoms with Crippen LogP contribution in [0.1, 0.15) is 33.0 Å². The topological polar surface area (TPSA) is 111 Å². The van der Waals surface area contributed by atoms with E-state index in [4.69, 9.17) is 5.73 Å². The van der Waals surface area contributed by atoms with Gasteiger partial charge in [-0.15, -0.1) is 0 Å². The predicted molar refractivity (Wildman–Crippen MR) is 92.2 cm³/mol. The number of fused-ring (bicyclic) bond motifs is 1. The first-order chi connectivity index (χ1) is 11.6. The van der Waals surface area contributed by atoms with Gasteiger partial charge in [-0.05, 0) is 6.42 Å². The summed E-state index contributed by atoms with van der Waals surface area (Å²) in [6, 6.07) is 9.20. The second-order valence-electron chi connectivity index (χ2n) is 5.08. The van der Waals surface area contributed by atoms with Crippen molar-refractivity contribution < 1.29 is 9.59 Å². The lowest BCUT2D eigenvalue weighted by atomic mass is 10.1. The maximum absolute atomic E-state index is 12.0. The van der Waals surface area contributed by atoms with Crippen molar-refractivity contribution in [2.75, 3.05) is 11.9 Å². The third kappa shape index (κ3) is 3.54. The van der Waals surface area contributed by atoms with Gasteiger partial charge in [-0.3, -0.25) is 9.59 Å². The van der Waals surface area contributed by atoms with Crippen LogP contribution in [0, 0.1) is 0 Å². The number of primary amides is 1. The number of ketones is 1. The zero-order chi connectivity index (χ0) is 16.9. The molecule has 0 aliphatic heterocycles. The summed E-state index contributed by atoms with van der Waals surface area (Å²) >= 11 is 1.13. The zero-order valence-electron chi connectivity index (χ0n) is 12.7. The molecule has 0 fully saturated rings. The van der Waals surface area contributed by atoms with Gasteiger partial charge in [-0.25, -0.2) is 15.0 Å². The summed E-state index contributed by atoms with van der Waals surface area (Å²) in [5.74, 6) is 0.0585. The highest BCUT2D eigenvalue weighted by molar-refractivity contribution is 7.19. The molecule has 2 aromatic heterocycles. The van der Waals surface area contributed by atoms with E-state index < -0.39 is 5.91 Å². The number of rotatable bonds is 7. The Morgan fingerprint density at radius 3 is 2.71 bits per heavy atom. The number of hydrogen-bond acceptors (Lipinski definition) is 7. The molecule has 0 saturated heterocycles. The Hall–Kier alpha value is -2.87. The fourth-order valence-electron chi connectivity index (χ4n) is 2.21. The van der Waals surface area contributed by atoms with E-state index in [1.807, 2.05) is 30.3 Å². The largest absolute Gasteiger partial charge is 0.368 e. The molecule has 0 aliphatic rings. The number of hydrogen-bond donors (Lipinski definition) is 2. The summed E-state index contributed by atoms with van der Waals surface area (Å²) in [6.07, 6.45) is 2.50. The third-order valence-electron chi connectivity index (χ3n) is 3.38. The Bertz CT molecular complexity index is 879. The van der Waals surface area contributed by atoms with E-state index >= 15 is 0 Å². The van der Waals surface area contributed by atoms with E-state index in [2.05, 4.69) is 20.3 Å². The van der Waals surface area contributed by atoms with Crippen molar-refractivity contribution in [2.24, 2.45) is 5.73 Å². The van der Waals surface area contributed by atoms with E-state index in [0.717, 1.165) is 11.3 Å².